The largest absolute Gasteiger partial charge is 0.338 e. The Labute approximate surface area is 137 Å². The van der Waals surface area contributed by atoms with Crippen molar-refractivity contribution < 1.29 is 4.79 Å². The van der Waals surface area contributed by atoms with Crippen LogP contribution in [0, 0.1) is 6.92 Å². The smallest absolute Gasteiger partial charge is 0.236 e. The third-order valence-corrected chi connectivity index (χ3v) is 4.69. The van der Waals surface area contributed by atoms with Crippen LogP contribution in [0.5, 0.6) is 0 Å². The molecule has 0 heterocycles. The van der Waals surface area contributed by atoms with Gasteiger partial charge in [0, 0.05) is 18.0 Å². The van der Waals surface area contributed by atoms with E-state index in [1.54, 1.807) is 11.8 Å². The van der Waals surface area contributed by atoms with Gasteiger partial charge in [-0.15, -0.1) is 11.8 Å². The van der Waals surface area contributed by atoms with Crippen molar-refractivity contribution in [3.63, 3.8) is 0 Å². The second-order valence-electron chi connectivity index (χ2n) is 5.41. The van der Waals surface area contributed by atoms with Crippen LogP contribution in [0.2, 0.25) is 0 Å². The Bertz CT molecular complexity index is 595. The molecule has 2 aromatic rings. The lowest BCUT2D eigenvalue weighted by atomic mass is 10.2. The van der Waals surface area contributed by atoms with Gasteiger partial charge in [-0.1, -0.05) is 48.0 Å². The van der Waals surface area contributed by atoms with Gasteiger partial charge in [-0.05, 0) is 38.5 Å². The van der Waals surface area contributed by atoms with E-state index in [-0.39, 0.29) is 11.2 Å². The van der Waals surface area contributed by atoms with Gasteiger partial charge in [-0.2, -0.15) is 0 Å². The normalized spacial score (nSPS) is 12.0. The highest BCUT2D eigenvalue weighted by atomic mass is 32.2. The van der Waals surface area contributed by atoms with Crippen molar-refractivity contribution in [3.05, 3.63) is 65.7 Å². The molecule has 0 fully saturated rings. The van der Waals surface area contributed by atoms with Crippen LogP contribution in [0.3, 0.4) is 0 Å². The van der Waals surface area contributed by atoms with Crippen molar-refractivity contribution >= 4 is 17.7 Å². The van der Waals surface area contributed by atoms with Crippen LogP contribution in [0.1, 0.15) is 25.0 Å². The topological polar surface area (TPSA) is 20.3 Å². The Kier molecular flexibility index (Phi) is 6.08. The van der Waals surface area contributed by atoms with Crippen LogP contribution in [-0.2, 0) is 11.3 Å². The van der Waals surface area contributed by atoms with Crippen molar-refractivity contribution in [2.45, 2.75) is 37.5 Å². The van der Waals surface area contributed by atoms with Gasteiger partial charge in [-0.3, -0.25) is 4.79 Å². The Morgan fingerprint density at radius 3 is 2.32 bits per heavy atom. The van der Waals surface area contributed by atoms with E-state index in [9.17, 15) is 4.79 Å². The lowest BCUT2D eigenvalue weighted by Gasteiger charge is -2.24. The van der Waals surface area contributed by atoms with E-state index < -0.39 is 0 Å². The third-order valence-electron chi connectivity index (χ3n) is 3.59. The van der Waals surface area contributed by atoms with E-state index in [1.165, 1.54) is 11.1 Å². The third kappa shape index (κ3) is 4.63. The fourth-order valence-electron chi connectivity index (χ4n) is 2.28. The van der Waals surface area contributed by atoms with Crippen LogP contribution in [-0.4, -0.2) is 22.6 Å². The molecule has 1 amide bonds. The van der Waals surface area contributed by atoms with Crippen molar-refractivity contribution in [2.24, 2.45) is 0 Å². The molecule has 2 rings (SSSR count). The summed E-state index contributed by atoms with van der Waals surface area (Å²) in [6.45, 7) is 7.49. The molecule has 3 heteroatoms. The first-order chi connectivity index (χ1) is 10.6. The zero-order valence-corrected chi connectivity index (χ0v) is 14.3. The Balaban J connectivity index is 1.99. The van der Waals surface area contributed by atoms with Gasteiger partial charge in [0.25, 0.3) is 0 Å². The fourth-order valence-corrected chi connectivity index (χ4v) is 3.23. The van der Waals surface area contributed by atoms with Crippen molar-refractivity contribution in [1.29, 1.82) is 0 Å². The van der Waals surface area contributed by atoms with E-state index in [4.69, 9.17) is 0 Å². The molecule has 2 aromatic carbocycles. The molecule has 1 unspecified atom stereocenters. The highest BCUT2D eigenvalue weighted by Gasteiger charge is 2.20. The summed E-state index contributed by atoms with van der Waals surface area (Å²) in [6.07, 6.45) is 0. The van der Waals surface area contributed by atoms with Crippen molar-refractivity contribution in [3.8, 4) is 0 Å². The highest BCUT2D eigenvalue weighted by molar-refractivity contribution is 8.00. The Morgan fingerprint density at radius 1 is 1.09 bits per heavy atom. The molecule has 22 heavy (non-hydrogen) atoms. The van der Waals surface area contributed by atoms with Gasteiger partial charge < -0.3 is 4.90 Å². The first kappa shape index (κ1) is 16.6. The maximum absolute atomic E-state index is 12.7. The minimum atomic E-state index is -0.0774. The molecule has 0 spiro atoms. The zero-order chi connectivity index (χ0) is 15.9. The first-order valence-corrected chi connectivity index (χ1v) is 8.54. The summed E-state index contributed by atoms with van der Waals surface area (Å²) in [5.41, 5.74) is 2.41. The monoisotopic (exact) mass is 313 g/mol. The van der Waals surface area contributed by atoms with Crippen LogP contribution >= 0.6 is 11.8 Å². The average molecular weight is 313 g/mol. The molecule has 0 N–H and O–H groups in total. The van der Waals surface area contributed by atoms with Crippen molar-refractivity contribution in [1.82, 2.24) is 4.90 Å². The van der Waals surface area contributed by atoms with Crippen LogP contribution in [0.4, 0.5) is 0 Å². The molecule has 0 aliphatic heterocycles. The van der Waals surface area contributed by atoms with Gasteiger partial charge in [0.1, 0.15) is 0 Å². The van der Waals surface area contributed by atoms with E-state index in [0.717, 1.165) is 11.4 Å². The number of carbonyl (C=O) groups excluding carboxylic acids is 1. The van der Waals surface area contributed by atoms with Crippen LogP contribution in [0.15, 0.2) is 59.5 Å². The number of benzene rings is 2. The maximum Gasteiger partial charge on any atom is 0.236 e. The first-order valence-electron chi connectivity index (χ1n) is 7.66. The van der Waals surface area contributed by atoms with E-state index in [2.05, 4.69) is 43.3 Å². The number of hydrogen-bond donors (Lipinski definition) is 0. The molecule has 0 aliphatic carbocycles. The number of hydrogen-bond acceptors (Lipinski definition) is 2. The standard InChI is InChI=1S/C19H23NOS/c1-4-20(14-17-8-6-5-7-9-17)19(21)16(3)22-18-12-10-15(2)11-13-18/h5-13,16H,4,14H2,1-3H3. The van der Waals surface area contributed by atoms with Gasteiger partial charge in [0.05, 0.1) is 5.25 Å². The second kappa shape index (κ2) is 8.04. The molecule has 0 bridgehead atoms. The average Bonchev–Trinajstić information content (AvgIpc) is 2.55. The number of carbonyl (C=O) groups is 1. The van der Waals surface area contributed by atoms with E-state index in [0.29, 0.717) is 6.54 Å². The highest BCUT2D eigenvalue weighted by Crippen LogP contribution is 2.25. The molecule has 116 valence electrons. The number of thioether (sulfide) groups is 1. The molecule has 0 radical (unpaired) electrons. The quantitative estimate of drug-likeness (QED) is 0.731. The Hall–Kier alpha value is -1.74. The lowest BCUT2D eigenvalue weighted by Crippen LogP contribution is -2.35. The molecular weight excluding hydrogens is 290 g/mol. The zero-order valence-electron chi connectivity index (χ0n) is 13.5. The van der Waals surface area contributed by atoms with Crippen LogP contribution in [0.25, 0.3) is 0 Å². The van der Waals surface area contributed by atoms with Gasteiger partial charge in [0.15, 0.2) is 0 Å². The van der Waals surface area contributed by atoms with Crippen LogP contribution < -0.4 is 0 Å². The summed E-state index contributed by atoms with van der Waals surface area (Å²) >= 11 is 1.62. The summed E-state index contributed by atoms with van der Waals surface area (Å²) in [4.78, 5) is 15.7. The predicted octanol–water partition coefficient (Wildman–Crippen LogP) is 4.52. The SMILES string of the molecule is CCN(Cc1ccccc1)C(=O)C(C)Sc1ccc(C)cc1. The molecule has 0 saturated heterocycles. The van der Waals surface area contributed by atoms with Crippen molar-refractivity contribution in [2.75, 3.05) is 6.54 Å². The summed E-state index contributed by atoms with van der Waals surface area (Å²) in [7, 11) is 0. The number of rotatable bonds is 6. The minimum Gasteiger partial charge on any atom is -0.338 e. The second-order valence-corrected chi connectivity index (χ2v) is 6.83. The predicted molar refractivity (Wildman–Crippen MR) is 94.0 cm³/mol. The van der Waals surface area contributed by atoms with E-state index in [1.807, 2.05) is 36.9 Å². The van der Waals surface area contributed by atoms with Gasteiger partial charge in [0.2, 0.25) is 5.91 Å². The summed E-state index contributed by atoms with van der Waals surface area (Å²) in [6, 6.07) is 18.5. The fraction of sp³-hybridized carbons (Fsp3) is 0.316. The molecule has 2 nitrogen and oxygen atoms in total. The summed E-state index contributed by atoms with van der Waals surface area (Å²) in [5.74, 6) is 0.192. The Morgan fingerprint density at radius 2 is 1.73 bits per heavy atom. The van der Waals surface area contributed by atoms with E-state index >= 15 is 0 Å². The number of amides is 1. The number of aryl methyl sites for hydroxylation is 1. The summed E-state index contributed by atoms with van der Waals surface area (Å²) in [5, 5.41) is -0.0774. The number of nitrogens with zero attached hydrogens (tertiary/aromatic N) is 1. The molecule has 1 atom stereocenters. The molecule has 0 aromatic heterocycles. The molecular formula is C19H23NOS. The lowest BCUT2D eigenvalue weighted by molar-refractivity contribution is -0.130. The maximum atomic E-state index is 12.7. The summed E-state index contributed by atoms with van der Waals surface area (Å²) < 4.78 is 0. The van der Waals surface area contributed by atoms with Gasteiger partial charge in [-0.25, -0.2) is 0 Å². The molecule has 0 saturated carbocycles. The minimum absolute atomic E-state index is 0.0774. The molecule has 0 aliphatic rings. The van der Waals surface area contributed by atoms with Gasteiger partial charge >= 0.3 is 0 Å².